The van der Waals surface area contributed by atoms with E-state index in [4.69, 9.17) is 4.74 Å². The lowest BCUT2D eigenvalue weighted by Crippen LogP contribution is -2.42. The first-order valence-corrected chi connectivity index (χ1v) is 5.97. The lowest BCUT2D eigenvalue weighted by atomic mass is 10.0. The van der Waals surface area contributed by atoms with E-state index in [1.165, 1.54) is 10.9 Å². The number of halogens is 1. The van der Waals surface area contributed by atoms with Gasteiger partial charge in [0.25, 0.3) is 0 Å². The van der Waals surface area contributed by atoms with Gasteiger partial charge < -0.3 is 20.4 Å². The first kappa shape index (κ1) is 13.2. The lowest BCUT2D eigenvalue weighted by Gasteiger charge is -2.24. The molecule has 2 aromatic rings. The fourth-order valence-electron chi connectivity index (χ4n) is 2.41. The standard InChI is InChI=1S/C13H17N3O.ClH/c1-17-9-2-3-12-10(6-9)11(7-16-12)13-8-14-4-5-15-13;/h2-3,6-7,13-16H,4-5,8H2,1H3;1H/t13-;/m0./s1. The summed E-state index contributed by atoms with van der Waals surface area (Å²) in [4.78, 5) is 3.31. The molecule has 98 valence electrons. The van der Waals surface area contributed by atoms with Crippen LogP contribution in [-0.4, -0.2) is 31.7 Å². The van der Waals surface area contributed by atoms with Crippen LogP contribution in [0.5, 0.6) is 5.75 Å². The minimum absolute atomic E-state index is 0. The van der Waals surface area contributed by atoms with Crippen molar-refractivity contribution in [2.45, 2.75) is 6.04 Å². The summed E-state index contributed by atoms with van der Waals surface area (Å²) in [7, 11) is 1.70. The summed E-state index contributed by atoms with van der Waals surface area (Å²) in [5.41, 5.74) is 2.47. The van der Waals surface area contributed by atoms with Crippen molar-refractivity contribution in [3.05, 3.63) is 30.0 Å². The molecule has 1 aromatic heterocycles. The smallest absolute Gasteiger partial charge is 0.119 e. The molecule has 1 aliphatic rings. The normalized spacial score (nSPS) is 19.5. The van der Waals surface area contributed by atoms with Crippen molar-refractivity contribution in [1.29, 1.82) is 0 Å². The van der Waals surface area contributed by atoms with Crippen LogP contribution >= 0.6 is 12.4 Å². The largest absolute Gasteiger partial charge is 0.497 e. The average Bonchev–Trinajstić information content (AvgIpc) is 2.82. The van der Waals surface area contributed by atoms with E-state index in [0.717, 1.165) is 30.9 Å². The van der Waals surface area contributed by atoms with Crippen LogP contribution in [0.1, 0.15) is 11.6 Å². The summed E-state index contributed by atoms with van der Waals surface area (Å²) in [6, 6.07) is 6.52. The molecule has 0 amide bonds. The summed E-state index contributed by atoms with van der Waals surface area (Å²) in [5.74, 6) is 0.905. The van der Waals surface area contributed by atoms with Gasteiger partial charge in [-0.25, -0.2) is 0 Å². The minimum Gasteiger partial charge on any atom is -0.497 e. The van der Waals surface area contributed by atoms with Gasteiger partial charge in [0.1, 0.15) is 5.75 Å². The Hall–Kier alpha value is -1.23. The number of nitrogens with one attached hydrogen (secondary N) is 3. The molecule has 2 heterocycles. The quantitative estimate of drug-likeness (QED) is 0.778. The van der Waals surface area contributed by atoms with E-state index in [1.54, 1.807) is 7.11 Å². The number of rotatable bonds is 2. The van der Waals surface area contributed by atoms with Crippen LogP contribution in [0.2, 0.25) is 0 Å². The van der Waals surface area contributed by atoms with Gasteiger partial charge in [-0.05, 0) is 23.8 Å². The molecule has 0 aliphatic carbocycles. The zero-order valence-corrected chi connectivity index (χ0v) is 11.1. The van der Waals surface area contributed by atoms with Gasteiger partial charge in [-0.3, -0.25) is 0 Å². The molecule has 1 aromatic carbocycles. The van der Waals surface area contributed by atoms with E-state index in [0.29, 0.717) is 6.04 Å². The fourth-order valence-corrected chi connectivity index (χ4v) is 2.41. The summed E-state index contributed by atoms with van der Waals surface area (Å²) in [6.07, 6.45) is 2.09. The molecule has 5 heteroatoms. The van der Waals surface area contributed by atoms with Crippen LogP contribution in [0.25, 0.3) is 10.9 Å². The third-order valence-electron chi connectivity index (χ3n) is 3.34. The molecule has 0 unspecified atom stereocenters. The van der Waals surface area contributed by atoms with Crippen LogP contribution in [-0.2, 0) is 0 Å². The van der Waals surface area contributed by atoms with Gasteiger partial charge in [-0.15, -0.1) is 12.4 Å². The van der Waals surface area contributed by atoms with Crippen LogP contribution < -0.4 is 15.4 Å². The highest BCUT2D eigenvalue weighted by Crippen LogP contribution is 2.27. The molecule has 0 radical (unpaired) electrons. The van der Waals surface area contributed by atoms with Crippen molar-refractivity contribution >= 4 is 23.3 Å². The minimum atomic E-state index is 0. The molecule has 0 saturated carbocycles. The lowest BCUT2D eigenvalue weighted by molar-refractivity contribution is 0.415. The average molecular weight is 268 g/mol. The second-order valence-corrected chi connectivity index (χ2v) is 4.37. The summed E-state index contributed by atoms with van der Waals surface area (Å²) in [6.45, 7) is 3.04. The number of methoxy groups -OCH3 is 1. The number of ether oxygens (including phenoxy) is 1. The number of H-pyrrole nitrogens is 1. The number of benzene rings is 1. The summed E-state index contributed by atoms with van der Waals surface area (Å²) in [5, 5.41) is 8.18. The fraction of sp³-hybridized carbons (Fsp3) is 0.385. The Morgan fingerprint density at radius 2 is 2.17 bits per heavy atom. The monoisotopic (exact) mass is 267 g/mol. The molecular formula is C13H18ClN3O. The number of hydrogen-bond donors (Lipinski definition) is 3. The zero-order valence-electron chi connectivity index (χ0n) is 10.3. The van der Waals surface area contributed by atoms with Crippen molar-refractivity contribution < 1.29 is 4.74 Å². The highest BCUT2D eigenvalue weighted by molar-refractivity contribution is 5.85. The van der Waals surface area contributed by atoms with E-state index in [2.05, 4.69) is 33.9 Å². The van der Waals surface area contributed by atoms with Gasteiger partial charge in [0.15, 0.2) is 0 Å². The summed E-state index contributed by atoms with van der Waals surface area (Å²) >= 11 is 0. The third kappa shape index (κ3) is 2.32. The molecular weight excluding hydrogens is 250 g/mol. The van der Waals surface area contributed by atoms with Crippen molar-refractivity contribution in [2.75, 3.05) is 26.7 Å². The second kappa shape index (κ2) is 5.61. The van der Waals surface area contributed by atoms with E-state index >= 15 is 0 Å². The first-order chi connectivity index (χ1) is 8.38. The molecule has 3 N–H and O–H groups in total. The Kier molecular flexibility index (Phi) is 4.11. The molecule has 1 fully saturated rings. The third-order valence-corrected chi connectivity index (χ3v) is 3.34. The maximum Gasteiger partial charge on any atom is 0.119 e. The van der Waals surface area contributed by atoms with Gasteiger partial charge in [-0.2, -0.15) is 0 Å². The molecule has 1 aliphatic heterocycles. The van der Waals surface area contributed by atoms with Gasteiger partial charge in [0.05, 0.1) is 7.11 Å². The Balaban J connectivity index is 0.00000120. The summed E-state index contributed by atoms with van der Waals surface area (Å²) < 4.78 is 5.28. The molecule has 0 bridgehead atoms. The van der Waals surface area contributed by atoms with E-state index in [1.807, 2.05) is 6.07 Å². The Morgan fingerprint density at radius 3 is 2.89 bits per heavy atom. The van der Waals surface area contributed by atoms with Crippen LogP contribution in [0.3, 0.4) is 0 Å². The van der Waals surface area contributed by atoms with E-state index < -0.39 is 0 Å². The van der Waals surface area contributed by atoms with Crippen molar-refractivity contribution in [3.8, 4) is 5.75 Å². The van der Waals surface area contributed by atoms with Crippen molar-refractivity contribution in [1.82, 2.24) is 15.6 Å². The topological polar surface area (TPSA) is 49.1 Å². The predicted octanol–water partition coefficient (Wildman–Crippen LogP) is 1.83. The van der Waals surface area contributed by atoms with Crippen LogP contribution in [0.4, 0.5) is 0 Å². The molecule has 1 atom stereocenters. The number of aromatic amines is 1. The highest BCUT2D eigenvalue weighted by Gasteiger charge is 2.17. The number of hydrogen-bond acceptors (Lipinski definition) is 3. The van der Waals surface area contributed by atoms with Crippen LogP contribution in [0.15, 0.2) is 24.4 Å². The Labute approximate surface area is 113 Å². The zero-order chi connectivity index (χ0) is 11.7. The Bertz CT molecular complexity index is 520. The maximum atomic E-state index is 5.28. The van der Waals surface area contributed by atoms with E-state index in [-0.39, 0.29) is 12.4 Å². The van der Waals surface area contributed by atoms with Crippen LogP contribution in [0, 0.1) is 0 Å². The van der Waals surface area contributed by atoms with E-state index in [9.17, 15) is 0 Å². The maximum absolute atomic E-state index is 5.28. The molecule has 18 heavy (non-hydrogen) atoms. The highest BCUT2D eigenvalue weighted by atomic mass is 35.5. The Morgan fingerprint density at radius 1 is 1.28 bits per heavy atom. The van der Waals surface area contributed by atoms with Crippen molar-refractivity contribution in [3.63, 3.8) is 0 Å². The molecule has 4 nitrogen and oxygen atoms in total. The molecule has 0 spiro atoms. The van der Waals surface area contributed by atoms with Gasteiger partial charge in [0.2, 0.25) is 0 Å². The first-order valence-electron chi connectivity index (χ1n) is 5.97. The van der Waals surface area contributed by atoms with Gasteiger partial charge in [0, 0.05) is 42.8 Å². The van der Waals surface area contributed by atoms with Gasteiger partial charge in [-0.1, -0.05) is 0 Å². The van der Waals surface area contributed by atoms with Crippen molar-refractivity contribution in [2.24, 2.45) is 0 Å². The van der Waals surface area contributed by atoms with Gasteiger partial charge >= 0.3 is 0 Å². The number of piperazine rings is 1. The SMILES string of the molecule is COc1ccc2[nH]cc([C@@H]3CNCCN3)c2c1.Cl. The second-order valence-electron chi connectivity index (χ2n) is 4.37. The molecule has 1 saturated heterocycles. The number of aromatic nitrogens is 1. The number of fused-ring (bicyclic) bond motifs is 1. The predicted molar refractivity (Wildman–Crippen MR) is 75.7 cm³/mol. The molecule has 3 rings (SSSR count).